The van der Waals surface area contributed by atoms with E-state index in [0.29, 0.717) is 16.2 Å². The Labute approximate surface area is 186 Å². The standard InChI is InChI=1S/C22H17N5O2S2/c1-14-6-8-30-20(14)11-24-27-18(13-31-22(27)25-16-3-2-7-23-10-16)15-4-5-19-17(9-15)26-21(28)12-29-19/h2-11,13H,12H2,1H3,(H,26,28). The molecular weight excluding hydrogens is 430 g/mol. The number of carbonyl (C=O) groups is 1. The van der Waals surface area contributed by atoms with Crippen LogP contribution in [0, 0.1) is 6.92 Å². The summed E-state index contributed by atoms with van der Waals surface area (Å²) in [6.07, 6.45) is 5.28. The van der Waals surface area contributed by atoms with Gasteiger partial charge in [0.2, 0.25) is 4.80 Å². The number of benzene rings is 1. The van der Waals surface area contributed by atoms with E-state index in [0.717, 1.165) is 21.8 Å². The first kappa shape index (κ1) is 19.4. The molecule has 5 rings (SSSR count). The molecule has 0 radical (unpaired) electrons. The van der Waals surface area contributed by atoms with Gasteiger partial charge in [-0.3, -0.25) is 9.78 Å². The maximum Gasteiger partial charge on any atom is 0.262 e. The van der Waals surface area contributed by atoms with Crippen LogP contribution in [0.3, 0.4) is 0 Å². The third kappa shape index (κ3) is 4.05. The zero-order chi connectivity index (χ0) is 21.2. The van der Waals surface area contributed by atoms with Crippen LogP contribution in [-0.2, 0) is 4.79 Å². The van der Waals surface area contributed by atoms with Gasteiger partial charge in [-0.15, -0.1) is 22.7 Å². The van der Waals surface area contributed by atoms with Crippen LogP contribution >= 0.6 is 22.7 Å². The van der Waals surface area contributed by atoms with Gasteiger partial charge in [0.15, 0.2) is 6.61 Å². The number of thiazole rings is 1. The number of amides is 1. The van der Waals surface area contributed by atoms with Crippen molar-refractivity contribution in [3.8, 4) is 17.0 Å². The van der Waals surface area contributed by atoms with Gasteiger partial charge in [0.1, 0.15) is 5.75 Å². The first-order valence-electron chi connectivity index (χ1n) is 9.48. The summed E-state index contributed by atoms with van der Waals surface area (Å²) in [4.78, 5) is 22.4. The lowest BCUT2D eigenvalue weighted by Crippen LogP contribution is -2.25. The minimum absolute atomic E-state index is 0.0311. The molecule has 0 unspecified atom stereocenters. The summed E-state index contributed by atoms with van der Waals surface area (Å²) in [6, 6.07) is 11.5. The molecule has 1 N–H and O–H groups in total. The minimum atomic E-state index is -0.165. The molecule has 0 saturated carbocycles. The van der Waals surface area contributed by atoms with Gasteiger partial charge in [0.05, 0.1) is 34.4 Å². The van der Waals surface area contributed by atoms with Crippen molar-refractivity contribution in [1.29, 1.82) is 0 Å². The quantitative estimate of drug-likeness (QED) is 0.470. The fourth-order valence-corrected chi connectivity index (χ4v) is 4.72. The molecular formula is C22H17N5O2S2. The van der Waals surface area contributed by atoms with Gasteiger partial charge >= 0.3 is 0 Å². The number of nitrogens with one attached hydrogen (secondary N) is 1. The van der Waals surface area contributed by atoms with Gasteiger partial charge in [0, 0.05) is 17.1 Å². The highest BCUT2D eigenvalue weighted by Crippen LogP contribution is 2.33. The van der Waals surface area contributed by atoms with Crippen molar-refractivity contribution >= 4 is 46.2 Å². The number of aromatic nitrogens is 2. The molecule has 4 heterocycles. The SMILES string of the molecule is Cc1ccsc1C=Nn1c(-c2ccc3c(c2)NC(=O)CO3)csc1=Nc1cccnc1. The number of fused-ring (bicyclic) bond motifs is 1. The van der Waals surface area contributed by atoms with E-state index in [4.69, 9.17) is 14.8 Å². The predicted molar refractivity (Wildman–Crippen MR) is 123 cm³/mol. The van der Waals surface area contributed by atoms with E-state index in [1.165, 1.54) is 16.9 Å². The largest absolute Gasteiger partial charge is 0.482 e. The number of carbonyl (C=O) groups excluding carboxylic acids is 1. The molecule has 0 bridgehead atoms. The third-order valence-corrected chi connectivity index (χ3v) is 6.43. The van der Waals surface area contributed by atoms with Crippen LogP contribution < -0.4 is 14.9 Å². The van der Waals surface area contributed by atoms with Crippen LogP contribution in [0.5, 0.6) is 5.75 Å². The van der Waals surface area contributed by atoms with E-state index >= 15 is 0 Å². The number of hydrogen-bond acceptors (Lipinski definition) is 7. The lowest BCUT2D eigenvalue weighted by Gasteiger charge is -2.18. The molecule has 3 aromatic heterocycles. The minimum Gasteiger partial charge on any atom is -0.482 e. The molecule has 7 nitrogen and oxygen atoms in total. The van der Waals surface area contributed by atoms with Crippen molar-refractivity contribution in [2.24, 2.45) is 10.1 Å². The highest BCUT2D eigenvalue weighted by atomic mass is 32.1. The Morgan fingerprint density at radius 1 is 1.26 bits per heavy atom. The first-order chi connectivity index (χ1) is 15.2. The number of nitrogens with zero attached hydrogens (tertiary/aromatic N) is 4. The maximum atomic E-state index is 11.7. The zero-order valence-electron chi connectivity index (χ0n) is 16.5. The molecule has 9 heteroatoms. The average molecular weight is 448 g/mol. The second-order valence-corrected chi connectivity index (χ2v) is 8.58. The lowest BCUT2D eigenvalue weighted by molar-refractivity contribution is -0.118. The molecule has 0 atom stereocenters. The first-order valence-corrected chi connectivity index (χ1v) is 11.2. The van der Waals surface area contributed by atoms with Crippen LogP contribution in [-0.4, -0.2) is 28.4 Å². The summed E-state index contributed by atoms with van der Waals surface area (Å²) in [5, 5.41) is 11.7. The molecule has 154 valence electrons. The highest BCUT2D eigenvalue weighted by molar-refractivity contribution is 7.11. The highest BCUT2D eigenvalue weighted by Gasteiger charge is 2.18. The Kier molecular flexibility index (Phi) is 5.19. The second kappa shape index (κ2) is 8.29. The van der Waals surface area contributed by atoms with Crippen LogP contribution in [0.2, 0.25) is 0 Å². The molecule has 31 heavy (non-hydrogen) atoms. The van der Waals surface area contributed by atoms with Crippen LogP contribution in [0.25, 0.3) is 11.3 Å². The van der Waals surface area contributed by atoms with Crippen molar-refractivity contribution in [2.45, 2.75) is 6.92 Å². The predicted octanol–water partition coefficient (Wildman–Crippen LogP) is 4.43. The van der Waals surface area contributed by atoms with Crippen LogP contribution in [0.1, 0.15) is 10.4 Å². The van der Waals surface area contributed by atoms with Gasteiger partial charge in [-0.05, 0) is 54.3 Å². The Balaban J connectivity index is 1.63. The van der Waals surface area contributed by atoms with Crippen molar-refractivity contribution in [2.75, 3.05) is 11.9 Å². The molecule has 1 aromatic carbocycles. The van der Waals surface area contributed by atoms with E-state index in [1.54, 1.807) is 23.7 Å². The monoisotopic (exact) mass is 447 g/mol. The van der Waals surface area contributed by atoms with Crippen molar-refractivity contribution in [3.63, 3.8) is 0 Å². The van der Waals surface area contributed by atoms with Gasteiger partial charge < -0.3 is 10.1 Å². The summed E-state index contributed by atoms with van der Waals surface area (Å²) in [6.45, 7) is 2.09. The normalized spacial score (nSPS) is 13.8. The van der Waals surface area contributed by atoms with E-state index in [1.807, 2.05) is 52.0 Å². The maximum absolute atomic E-state index is 11.7. The molecule has 0 saturated heterocycles. The van der Waals surface area contributed by atoms with Crippen molar-refractivity contribution in [1.82, 2.24) is 9.66 Å². The topological polar surface area (TPSA) is 80.9 Å². The summed E-state index contributed by atoms with van der Waals surface area (Å²) >= 11 is 3.12. The van der Waals surface area contributed by atoms with E-state index < -0.39 is 0 Å². The molecule has 0 fully saturated rings. The Morgan fingerprint density at radius 3 is 3.00 bits per heavy atom. The Hall–Kier alpha value is -3.56. The molecule has 0 aliphatic carbocycles. The summed E-state index contributed by atoms with van der Waals surface area (Å²) in [5.41, 5.74) is 4.33. The number of thiophene rings is 1. The number of rotatable bonds is 4. The van der Waals surface area contributed by atoms with E-state index in [-0.39, 0.29) is 12.5 Å². The zero-order valence-corrected chi connectivity index (χ0v) is 18.1. The van der Waals surface area contributed by atoms with E-state index in [2.05, 4.69) is 23.3 Å². The van der Waals surface area contributed by atoms with E-state index in [9.17, 15) is 4.79 Å². The molecule has 0 spiro atoms. The van der Waals surface area contributed by atoms with Gasteiger partial charge in [-0.1, -0.05) is 0 Å². The number of hydrogen-bond donors (Lipinski definition) is 1. The smallest absolute Gasteiger partial charge is 0.262 e. The Bertz CT molecular complexity index is 1350. The number of pyridine rings is 1. The second-order valence-electron chi connectivity index (χ2n) is 6.80. The fourth-order valence-electron chi connectivity index (χ4n) is 3.09. The average Bonchev–Trinajstić information content (AvgIpc) is 3.38. The van der Waals surface area contributed by atoms with Gasteiger partial charge in [0.25, 0.3) is 5.91 Å². The number of anilines is 1. The van der Waals surface area contributed by atoms with Crippen LogP contribution in [0.4, 0.5) is 11.4 Å². The molecule has 1 amide bonds. The number of ether oxygens (including phenoxy) is 1. The van der Waals surface area contributed by atoms with Gasteiger partial charge in [-0.25, -0.2) is 9.67 Å². The van der Waals surface area contributed by atoms with Crippen molar-refractivity contribution < 1.29 is 9.53 Å². The fraction of sp³-hybridized carbons (Fsp3) is 0.0909. The molecule has 1 aliphatic rings. The summed E-state index contributed by atoms with van der Waals surface area (Å²) in [5.74, 6) is 0.490. The number of aryl methyl sites for hydroxylation is 1. The molecule has 1 aliphatic heterocycles. The van der Waals surface area contributed by atoms with Crippen molar-refractivity contribution in [3.05, 3.63) is 74.8 Å². The van der Waals surface area contributed by atoms with Gasteiger partial charge in [-0.2, -0.15) is 5.10 Å². The summed E-state index contributed by atoms with van der Waals surface area (Å²) < 4.78 is 7.29. The van der Waals surface area contributed by atoms with Crippen LogP contribution in [0.15, 0.2) is 69.6 Å². The summed E-state index contributed by atoms with van der Waals surface area (Å²) in [7, 11) is 0. The Morgan fingerprint density at radius 2 is 2.19 bits per heavy atom. The lowest BCUT2D eigenvalue weighted by atomic mass is 10.1. The third-order valence-electron chi connectivity index (χ3n) is 4.66. The molecule has 4 aromatic rings.